The van der Waals surface area contributed by atoms with E-state index in [-0.39, 0.29) is 5.97 Å². The molecule has 0 aromatic carbocycles. The van der Waals surface area contributed by atoms with Crippen LogP contribution in [0.25, 0.3) is 0 Å². The van der Waals surface area contributed by atoms with E-state index in [0.717, 1.165) is 6.42 Å². The lowest BCUT2D eigenvalue weighted by atomic mass is 9.98. The maximum absolute atomic E-state index is 11.7. The number of hydrogen-bond donors (Lipinski definition) is 0. The topological polar surface area (TPSA) is 26.3 Å². The van der Waals surface area contributed by atoms with Gasteiger partial charge in [-0.05, 0) is 25.2 Å². The van der Waals surface area contributed by atoms with Gasteiger partial charge in [0.25, 0.3) is 0 Å². The Morgan fingerprint density at radius 1 is 0.800 bits per heavy atom. The van der Waals surface area contributed by atoms with E-state index in [4.69, 9.17) is 4.74 Å². The van der Waals surface area contributed by atoms with Crippen molar-refractivity contribution in [2.45, 2.75) is 97.8 Å². The smallest absolute Gasteiger partial charge is 0.305 e. The van der Waals surface area contributed by atoms with Crippen LogP contribution in [0.2, 0.25) is 0 Å². The van der Waals surface area contributed by atoms with Crippen molar-refractivity contribution in [2.24, 2.45) is 5.92 Å². The van der Waals surface area contributed by atoms with Gasteiger partial charge in [-0.1, -0.05) is 72.1 Å². The highest BCUT2D eigenvalue weighted by Gasteiger charge is 2.10. The summed E-state index contributed by atoms with van der Waals surface area (Å²) in [4.78, 5) is 11.7. The number of rotatable bonds is 14. The number of ether oxygens (including phenoxy) is 1. The predicted molar refractivity (Wildman–Crippen MR) is 86.9 cm³/mol. The lowest BCUT2D eigenvalue weighted by Gasteiger charge is -2.15. The minimum absolute atomic E-state index is 0.0121. The Morgan fingerprint density at radius 2 is 1.45 bits per heavy atom. The second-order valence-corrected chi connectivity index (χ2v) is 6.00. The van der Waals surface area contributed by atoms with Crippen molar-refractivity contribution in [3.05, 3.63) is 0 Å². The monoisotopic (exact) mass is 284 g/mol. The third-order valence-corrected chi connectivity index (χ3v) is 3.88. The van der Waals surface area contributed by atoms with Crippen LogP contribution in [0.1, 0.15) is 97.8 Å². The molecule has 0 N–H and O–H groups in total. The van der Waals surface area contributed by atoms with Crippen molar-refractivity contribution in [1.82, 2.24) is 0 Å². The van der Waals surface area contributed by atoms with E-state index in [1.54, 1.807) is 0 Å². The van der Waals surface area contributed by atoms with Crippen molar-refractivity contribution in [2.75, 3.05) is 6.61 Å². The summed E-state index contributed by atoms with van der Waals surface area (Å²) in [5, 5.41) is 0. The summed E-state index contributed by atoms with van der Waals surface area (Å²) < 4.78 is 5.44. The van der Waals surface area contributed by atoms with Crippen LogP contribution < -0.4 is 0 Å². The van der Waals surface area contributed by atoms with Gasteiger partial charge in [0.1, 0.15) is 0 Å². The second kappa shape index (κ2) is 14.9. The molecule has 0 amide bonds. The van der Waals surface area contributed by atoms with Gasteiger partial charge >= 0.3 is 5.97 Å². The lowest BCUT2D eigenvalue weighted by molar-refractivity contribution is -0.145. The van der Waals surface area contributed by atoms with Crippen LogP contribution in [0, 0.1) is 5.92 Å². The fourth-order valence-corrected chi connectivity index (χ4v) is 2.54. The van der Waals surface area contributed by atoms with Crippen molar-refractivity contribution >= 4 is 5.97 Å². The first-order valence-electron chi connectivity index (χ1n) is 8.90. The first kappa shape index (κ1) is 19.5. The van der Waals surface area contributed by atoms with Crippen molar-refractivity contribution in [1.29, 1.82) is 0 Å². The van der Waals surface area contributed by atoms with Crippen molar-refractivity contribution in [3.8, 4) is 0 Å². The molecule has 0 aromatic rings. The third-order valence-electron chi connectivity index (χ3n) is 3.88. The van der Waals surface area contributed by atoms with E-state index < -0.39 is 0 Å². The molecular weight excluding hydrogens is 248 g/mol. The molecule has 0 heterocycles. The largest absolute Gasteiger partial charge is 0.465 e. The van der Waals surface area contributed by atoms with E-state index in [1.807, 2.05) is 0 Å². The Kier molecular flexibility index (Phi) is 14.5. The van der Waals surface area contributed by atoms with Crippen LogP contribution in [0.4, 0.5) is 0 Å². The first-order chi connectivity index (χ1) is 9.74. The van der Waals surface area contributed by atoms with E-state index in [0.29, 0.717) is 18.9 Å². The maximum atomic E-state index is 11.7. The van der Waals surface area contributed by atoms with E-state index >= 15 is 0 Å². The Labute approximate surface area is 126 Å². The quantitative estimate of drug-likeness (QED) is 0.294. The second-order valence-electron chi connectivity index (χ2n) is 6.00. The van der Waals surface area contributed by atoms with Gasteiger partial charge in [-0.2, -0.15) is 0 Å². The molecule has 0 aliphatic rings. The Balaban J connectivity index is 3.57. The van der Waals surface area contributed by atoms with Gasteiger partial charge < -0.3 is 4.74 Å². The third kappa shape index (κ3) is 12.5. The highest BCUT2D eigenvalue weighted by atomic mass is 16.5. The molecule has 0 radical (unpaired) electrons. The molecule has 0 fully saturated rings. The summed E-state index contributed by atoms with van der Waals surface area (Å²) in [6.07, 6.45) is 14.0. The van der Waals surface area contributed by atoms with Gasteiger partial charge in [-0.15, -0.1) is 0 Å². The lowest BCUT2D eigenvalue weighted by Crippen LogP contribution is -2.14. The molecule has 0 saturated carbocycles. The highest BCUT2D eigenvalue weighted by Crippen LogP contribution is 2.16. The molecule has 0 bridgehead atoms. The van der Waals surface area contributed by atoms with Gasteiger partial charge in [-0.3, -0.25) is 4.79 Å². The SMILES string of the molecule is CCCCCCCCC(=O)OCC(CCC)CCCC. The molecule has 2 nitrogen and oxygen atoms in total. The zero-order chi connectivity index (χ0) is 15.1. The van der Waals surface area contributed by atoms with Crippen LogP contribution in [-0.2, 0) is 9.53 Å². The summed E-state index contributed by atoms with van der Waals surface area (Å²) in [5.74, 6) is 0.589. The molecule has 20 heavy (non-hydrogen) atoms. The Morgan fingerprint density at radius 3 is 2.10 bits per heavy atom. The number of carbonyl (C=O) groups excluding carboxylic acids is 1. The van der Waals surface area contributed by atoms with Crippen LogP contribution in [0.15, 0.2) is 0 Å². The minimum Gasteiger partial charge on any atom is -0.465 e. The Bertz CT molecular complexity index is 213. The molecule has 0 aliphatic heterocycles. The summed E-state index contributed by atoms with van der Waals surface area (Å²) in [6, 6.07) is 0. The van der Waals surface area contributed by atoms with E-state index in [1.165, 1.54) is 64.2 Å². The average Bonchev–Trinajstić information content (AvgIpc) is 2.45. The van der Waals surface area contributed by atoms with Gasteiger partial charge in [0, 0.05) is 6.42 Å². The number of unbranched alkanes of at least 4 members (excludes halogenated alkanes) is 6. The van der Waals surface area contributed by atoms with Crippen LogP contribution >= 0.6 is 0 Å². The van der Waals surface area contributed by atoms with E-state index in [9.17, 15) is 4.79 Å². The van der Waals surface area contributed by atoms with Crippen molar-refractivity contribution in [3.63, 3.8) is 0 Å². The molecule has 0 rings (SSSR count). The molecule has 120 valence electrons. The standard InChI is InChI=1S/C18H36O2/c1-4-7-9-10-11-12-15-18(19)20-16-17(13-6-3)14-8-5-2/h17H,4-16H2,1-3H3. The van der Waals surface area contributed by atoms with Crippen LogP contribution in [0.3, 0.4) is 0 Å². The molecule has 0 aromatic heterocycles. The zero-order valence-corrected chi connectivity index (χ0v) is 14.1. The van der Waals surface area contributed by atoms with Crippen molar-refractivity contribution < 1.29 is 9.53 Å². The average molecular weight is 284 g/mol. The summed E-state index contributed by atoms with van der Waals surface area (Å²) in [7, 11) is 0. The number of carbonyl (C=O) groups is 1. The van der Waals surface area contributed by atoms with E-state index in [2.05, 4.69) is 20.8 Å². The molecular formula is C18H36O2. The maximum Gasteiger partial charge on any atom is 0.305 e. The molecule has 1 atom stereocenters. The minimum atomic E-state index is 0.0121. The molecule has 1 unspecified atom stereocenters. The number of hydrogen-bond acceptors (Lipinski definition) is 2. The number of esters is 1. The predicted octanol–water partition coefficient (Wildman–Crippen LogP) is 5.89. The van der Waals surface area contributed by atoms with Crippen LogP contribution in [-0.4, -0.2) is 12.6 Å². The van der Waals surface area contributed by atoms with Gasteiger partial charge in [0.2, 0.25) is 0 Å². The highest BCUT2D eigenvalue weighted by molar-refractivity contribution is 5.69. The fourth-order valence-electron chi connectivity index (χ4n) is 2.54. The summed E-state index contributed by atoms with van der Waals surface area (Å²) in [5.41, 5.74) is 0. The zero-order valence-electron chi connectivity index (χ0n) is 14.1. The summed E-state index contributed by atoms with van der Waals surface area (Å²) >= 11 is 0. The summed E-state index contributed by atoms with van der Waals surface area (Å²) in [6.45, 7) is 7.29. The molecule has 0 spiro atoms. The molecule has 0 saturated heterocycles. The fraction of sp³-hybridized carbons (Fsp3) is 0.944. The van der Waals surface area contributed by atoms with Gasteiger partial charge in [0.05, 0.1) is 6.61 Å². The van der Waals surface area contributed by atoms with Gasteiger partial charge in [-0.25, -0.2) is 0 Å². The molecule has 2 heteroatoms. The first-order valence-corrected chi connectivity index (χ1v) is 8.90. The normalized spacial score (nSPS) is 12.3. The molecule has 0 aliphatic carbocycles. The van der Waals surface area contributed by atoms with Crippen LogP contribution in [0.5, 0.6) is 0 Å². The van der Waals surface area contributed by atoms with Gasteiger partial charge in [0.15, 0.2) is 0 Å². The Hall–Kier alpha value is -0.530.